The van der Waals surface area contributed by atoms with Crippen LogP contribution in [0.3, 0.4) is 0 Å². The van der Waals surface area contributed by atoms with Gasteiger partial charge in [-0.05, 0) is 37.5 Å². The highest BCUT2D eigenvalue weighted by molar-refractivity contribution is 9.10. The van der Waals surface area contributed by atoms with Crippen molar-refractivity contribution in [3.8, 4) is 0 Å². The second kappa shape index (κ2) is 5.30. The zero-order valence-electron chi connectivity index (χ0n) is 12.1. The summed E-state index contributed by atoms with van der Waals surface area (Å²) in [4.78, 5) is 24.9. The Kier molecular flexibility index (Phi) is 3.61. The number of hydrogen-bond acceptors (Lipinski definition) is 2. The number of pyridine rings is 1. The minimum atomic E-state index is -0.284. The van der Waals surface area contributed by atoms with Gasteiger partial charge in [-0.15, -0.1) is 0 Å². The van der Waals surface area contributed by atoms with Crippen LogP contribution < -0.4 is 10.7 Å². The molecule has 1 N–H and O–H groups in total. The summed E-state index contributed by atoms with van der Waals surface area (Å²) >= 11 is 3.45. The lowest BCUT2D eigenvalue weighted by atomic mass is 10.1. The van der Waals surface area contributed by atoms with Crippen molar-refractivity contribution in [2.45, 2.75) is 39.3 Å². The minimum absolute atomic E-state index is 0.0595. The van der Waals surface area contributed by atoms with Gasteiger partial charge in [-0.2, -0.15) is 0 Å². The molecule has 0 saturated heterocycles. The summed E-state index contributed by atoms with van der Waals surface area (Å²) in [6.45, 7) is 4.75. The molecule has 0 fully saturated rings. The summed E-state index contributed by atoms with van der Waals surface area (Å²) in [6, 6.07) is 3.91. The summed E-state index contributed by atoms with van der Waals surface area (Å²) < 4.78 is 2.90. The Balaban J connectivity index is 2.17. The molecule has 1 atom stereocenters. The summed E-state index contributed by atoms with van der Waals surface area (Å²) in [5.41, 5.74) is 2.16. The van der Waals surface area contributed by atoms with Crippen LogP contribution in [0, 0.1) is 0 Å². The zero-order chi connectivity index (χ0) is 15.1. The molecule has 0 saturated carbocycles. The van der Waals surface area contributed by atoms with Crippen molar-refractivity contribution in [2.24, 2.45) is 0 Å². The molecule has 1 aromatic heterocycles. The average molecular weight is 349 g/mol. The van der Waals surface area contributed by atoms with E-state index in [1.807, 2.05) is 30.5 Å². The van der Waals surface area contributed by atoms with Gasteiger partial charge in [-0.25, -0.2) is 0 Å². The van der Waals surface area contributed by atoms with Gasteiger partial charge in [0.25, 0.3) is 5.91 Å². The minimum Gasteiger partial charge on any atom is -0.349 e. The lowest BCUT2D eigenvalue weighted by Gasteiger charge is -2.13. The molecule has 1 unspecified atom stereocenters. The molecule has 3 rings (SSSR count). The molecular formula is C16H17BrN2O2. The third kappa shape index (κ3) is 2.39. The summed E-state index contributed by atoms with van der Waals surface area (Å²) in [6.07, 6.45) is 3.43. The van der Waals surface area contributed by atoms with E-state index < -0.39 is 0 Å². The van der Waals surface area contributed by atoms with Gasteiger partial charge in [0.1, 0.15) is 5.56 Å². The molecule has 0 spiro atoms. The number of hydrogen-bond donors (Lipinski definition) is 1. The van der Waals surface area contributed by atoms with E-state index in [4.69, 9.17) is 0 Å². The number of rotatable bonds is 3. The number of carbonyl (C=O) groups is 1. The van der Waals surface area contributed by atoms with Crippen molar-refractivity contribution in [1.29, 1.82) is 0 Å². The van der Waals surface area contributed by atoms with Crippen LogP contribution in [0.4, 0.5) is 0 Å². The second-order valence-electron chi connectivity index (χ2n) is 5.56. The van der Waals surface area contributed by atoms with Crippen LogP contribution in [0.1, 0.15) is 36.2 Å². The molecule has 110 valence electrons. The van der Waals surface area contributed by atoms with Crippen molar-refractivity contribution in [3.63, 3.8) is 0 Å². The number of carbonyl (C=O) groups excluding carboxylic acids is 1. The van der Waals surface area contributed by atoms with E-state index in [9.17, 15) is 9.59 Å². The summed E-state index contributed by atoms with van der Waals surface area (Å²) in [7, 11) is 0. The summed E-state index contributed by atoms with van der Waals surface area (Å²) in [5.74, 6) is -0.284. The van der Waals surface area contributed by atoms with Gasteiger partial charge in [-0.3, -0.25) is 9.59 Å². The fraction of sp³-hybridized carbons (Fsp3) is 0.375. The molecule has 1 aromatic carbocycles. The van der Waals surface area contributed by atoms with Gasteiger partial charge < -0.3 is 9.88 Å². The Hall–Kier alpha value is -1.62. The highest BCUT2D eigenvalue weighted by Gasteiger charge is 2.21. The molecule has 2 heterocycles. The molecular weight excluding hydrogens is 332 g/mol. The highest BCUT2D eigenvalue weighted by Crippen LogP contribution is 2.28. The largest absolute Gasteiger partial charge is 0.349 e. The van der Waals surface area contributed by atoms with Crippen molar-refractivity contribution in [2.75, 3.05) is 0 Å². The van der Waals surface area contributed by atoms with Crippen LogP contribution in [0.5, 0.6) is 0 Å². The van der Waals surface area contributed by atoms with Gasteiger partial charge in [-0.1, -0.05) is 22.9 Å². The molecule has 1 aliphatic heterocycles. The van der Waals surface area contributed by atoms with E-state index in [1.54, 1.807) is 6.20 Å². The first-order chi connectivity index (χ1) is 10.0. The number of benzene rings is 1. The number of aromatic nitrogens is 1. The van der Waals surface area contributed by atoms with Gasteiger partial charge in [0.05, 0.1) is 5.52 Å². The van der Waals surface area contributed by atoms with Crippen molar-refractivity contribution >= 4 is 32.7 Å². The first-order valence-corrected chi connectivity index (χ1v) is 7.97. The number of nitrogens with one attached hydrogen (secondary N) is 1. The van der Waals surface area contributed by atoms with Crippen LogP contribution in [-0.4, -0.2) is 16.5 Å². The standard InChI is InChI=1S/C16H17BrN2O2/c1-3-9(2)18-16(21)13-8-19-5-4-10-6-11(17)7-12(14(10)19)15(13)20/h6-9H,3-5H2,1-2H3,(H,18,21). The van der Waals surface area contributed by atoms with E-state index in [0.717, 1.165) is 34.9 Å². The lowest BCUT2D eigenvalue weighted by molar-refractivity contribution is 0.0937. The number of nitrogens with zero attached hydrogens (tertiary/aromatic N) is 1. The molecule has 2 aromatic rings. The van der Waals surface area contributed by atoms with E-state index in [1.165, 1.54) is 0 Å². The topological polar surface area (TPSA) is 51.1 Å². The number of halogens is 1. The van der Waals surface area contributed by atoms with Gasteiger partial charge in [0.15, 0.2) is 0 Å². The van der Waals surface area contributed by atoms with Crippen LogP contribution in [0.25, 0.3) is 10.9 Å². The molecule has 5 heteroatoms. The fourth-order valence-electron chi connectivity index (χ4n) is 2.77. The lowest BCUT2D eigenvalue weighted by Crippen LogP contribution is -2.35. The summed E-state index contributed by atoms with van der Waals surface area (Å²) in [5, 5.41) is 3.49. The highest BCUT2D eigenvalue weighted by atomic mass is 79.9. The first-order valence-electron chi connectivity index (χ1n) is 7.17. The van der Waals surface area contributed by atoms with Crippen molar-refractivity contribution in [1.82, 2.24) is 9.88 Å². The first kappa shape index (κ1) is 14.3. The van der Waals surface area contributed by atoms with Crippen molar-refractivity contribution in [3.05, 3.63) is 44.2 Å². The third-order valence-electron chi connectivity index (χ3n) is 4.07. The Morgan fingerprint density at radius 1 is 1.48 bits per heavy atom. The van der Waals surface area contributed by atoms with E-state index in [2.05, 4.69) is 21.2 Å². The average Bonchev–Trinajstić information content (AvgIpc) is 2.85. The van der Waals surface area contributed by atoms with E-state index in [0.29, 0.717) is 5.39 Å². The van der Waals surface area contributed by atoms with Crippen LogP contribution in [-0.2, 0) is 13.0 Å². The molecule has 4 nitrogen and oxygen atoms in total. The Morgan fingerprint density at radius 3 is 2.95 bits per heavy atom. The maximum Gasteiger partial charge on any atom is 0.256 e. The molecule has 0 bridgehead atoms. The monoisotopic (exact) mass is 348 g/mol. The molecule has 0 aliphatic carbocycles. The maximum absolute atomic E-state index is 12.6. The maximum atomic E-state index is 12.6. The fourth-order valence-corrected chi connectivity index (χ4v) is 3.27. The third-order valence-corrected chi connectivity index (χ3v) is 4.53. The molecule has 1 aliphatic rings. The van der Waals surface area contributed by atoms with E-state index in [-0.39, 0.29) is 22.9 Å². The predicted molar refractivity (Wildman–Crippen MR) is 86.8 cm³/mol. The second-order valence-corrected chi connectivity index (χ2v) is 6.47. The SMILES string of the molecule is CCC(C)NC(=O)c1cn2c3c(cc(Br)cc3c1=O)CC2. The predicted octanol–water partition coefficient (Wildman–Crippen LogP) is 2.85. The molecule has 1 amide bonds. The van der Waals surface area contributed by atoms with Crippen LogP contribution >= 0.6 is 15.9 Å². The Labute approximate surface area is 131 Å². The number of amides is 1. The van der Waals surface area contributed by atoms with Crippen LogP contribution in [0.2, 0.25) is 0 Å². The quantitative estimate of drug-likeness (QED) is 0.927. The Bertz CT molecular complexity index is 795. The van der Waals surface area contributed by atoms with Crippen molar-refractivity contribution < 1.29 is 4.79 Å². The number of aryl methyl sites for hydroxylation is 2. The normalized spacial score (nSPS) is 14.4. The Morgan fingerprint density at radius 2 is 2.24 bits per heavy atom. The van der Waals surface area contributed by atoms with Gasteiger partial charge in [0.2, 0.25) is 5.43 Å². The molecule has 0 radical (unpaired) electrons. The van der Waals surface area contributed by atoms with Gasteiger partial charge >= 0.3 is 0 Å². The smallest absolute Gasteiger partial charge is 0.256 e. The van der Waals surface area contributed by atoms with E-state index >= 15 is 0 Å². The zero-order valence-corrected chi connectivity index (χ0v) is 13.7. The molecule has 21 heavy (non-hydrogen) atoms. The van der Waals surface area contributed by atoms with Gasteiger partial charge in [0, 0.05) is 28.6 Å². The van der Waals surface area contributed by atoms with Crippen LogP contribution in [0.15, 0.2) is 27.6 Å².